The van der Waals surface area contributed by atoms with Gasteiger partial charge in [0.25, 0.3) is 6.43 Å². The van der Waals surface area contributed by atoms with Crippen molar-refractivity contribution in [2.75, 3.05) is 6.54 Å². The van der Waals surface area contributed by atoms with E-state index in [4.69, 9.17) is 0 Å². The summed E-state index contributed by atoms with van der Waals surface area (Å²) in [6.07, 6.45) is -8.26. The van der Waals surface area contributed by atoms with Crippen LogP contribution in [0.4, 0.5) is 17.6 Å². The van der Waals surface area contributed by atoms with Gasteiger partial charge in [0.1, 0.15) is 6.17 Å². The summed E-state index contributed by atoms with van der Waals surface area (Å²) < 4.78 is 45.9. The second kappa shape index (κ2) is 5.73. The molecule has 0 aromatic heterocycles. The fourth-order valence-electron chi connectivity index (χ4n) is 0.288. The van der Waals surface area contributed by atoms with Crippen LogP contribution in [0, 0.1) is 0 Å². The largest absolute Gasteiger partial charge is 0.328 e. The van der Waals surface area contributed by atoms with Crippen molar-refractivity contribution in [3.8, 4) is 0 Å². The number of hydrogen-bond donors (Lipinski definition) is 1. The first-order chi connectivity index (χ1) is 4.09. The summed E-state index contributed by atoms with van der Waals surface area (Å²) >= 11 is 0. The second-order valence-electron chi connectivity index (χ2n) is 1.53. The van der Waals surface area contributed by atoms with Crippen LogP contribution in [0.2, 0.25) is 0 Å². The van der Waals surface area contributed by atoms with Crippen molar-refractivity contribution in [3.63, 3.8) is 0 Å². The van der Waals surface area contributed by atoms with Gasteiger partial charge in [-0.15, -0.1) is 12.4 Å². The highest BCUT2D eigenvalue weighted by Crippen LogP contribution is 2.11. The first kappa shape index (κ1) is 12.6. The third-order valence-corrected chi connectivity index (χ3v) is 0.811. The highest BCUT2D eigenvalue weighted by Gasteiger charge is 2.28. The quantitative estimate of drug-likeness (QED) is 0.653. The fraction of sp³-hybridized carbons (Fsp3) is 1.00. The normalized spacial score (nSPS) is 16.2. The Morgan fingerprint density at radius 1 is 1.10 bits per heavy atom. The summed E-state index contributed by atoms with van der Waals surface area (Å²) in [4.78, 5) is 0. The minimum Gasteiger partial charge on any atom is -0.328 e. The number of halogens is 5. The SMILES string of the molecule is Cl.NCC(F)C(F)C(F)F. The van der Waals surface area contributed by atoms with E-state index in [0.717, 1.165) is 0 Å². The van der Waals surface area contributed by atoms with Crippen LogP contribution in [-0.2, 0) is 0 Å². The van der Waals surface area contributed by atoms with Gasteiger partial charge in [0.15, 0.2) is 6.17 Å². The van der Waals surface area contributed by atoms with Crippen LogP contribution in [0.1, 0.15) is 0 Å². The van der Waals surface area contributed by atoms with Gasteiger partial charge in [-0.05, 0) is 0 Å². The Balaban J connectivity index is 0. The van der Waals surface area contributed by atoms with Crippen molar-refractivity contribution in [2.24, 2.45) is 5.73 Å². The van der Waals surface area contributed by atoms with E-state index in [1.165, 1.54) is 0 Å². The second-order valence-corrected chi connectivity index (χ2v) is 1.53. The molecule has 1 nitrogen and oxygen atoms in total. The molecule has 2 atom stereocenters. The molecule has 0 aromatic rings. The van der Waals surface area contributed by atoms with Gasteiger partial charge in [-0.3, -0.25) is 0 Å². The summed E-state index contributed by atoms with van der Waals surface area (Å²) in [6.45, 7) is -0.703. The lowest BCUT2D eigenvalue weighted by Gasteiger charge is -2.08. The summed E-state index contributed by atoms with van der Waals surface area (Å²) in [5, 5.41) is 0. The molecule has 0 bridgehead atoms. The molecule has 2 unspecified atom stereocenters. The van der Waals surface area contributed by atoms with Gasteiger partial charge in [-0.2, -0.15) is 0 Å². The van der Waals surface area contributed by atoms with Crippen LogP contribution in [0.5, 0.6) is 0 Å². The maximum absolute atomic E-state index is 11.8. The molecule has 0 spiro atoms. The van der Waals surface area contributed by atoms with Gasteiger partial charge in [0.05, 0.1) is 0 Å². The van der Waals surface area contributed by atoms with Crippen molar-refractivity contribution in [3.05, 3.63) is 0 Å². The molecule has 0 aliphatic heterocycles. The van der Waals surface area contributed by atoms with Crippen LogP contribution < -0.4 is 5.73 Å². The molecule has 2 N–H and O–H groups in total. The molecular formula is C4H8ClF4N. The lowest BCUT2D eigenvalue weighted by atomic mass is 10.2. The van der Waals surface area contributed by atoms with E-state index in [-0.39, 0.29) is 12.4 Å². The predicted octanol–water partition coefficient (Wildman–Crippen LogP) is 1.31. The van der Waals surface area contributed by atoms with Gasteiger partial charge in [-0.1, -0.05) is 0 Å². The van der Waals surface area contributed by atoms with E-state index < -0.39 is 25.3 Å². The molecular weight excluding hydrogens is 173 g/mol. The molecule has 0 radical (unpaired) electrons. The van der Waals surface area contributed by atoms with Crippen LogP contribution in [0.25, 0.3) is 0 Å². The van der Waals surface area contributed by atoms with Gasteiger partial charge in [-0.25, -0.2) is 17.6 Å². The molecule has 0 fully saturated rings. The third-order valence-electron chi connectivity index (χ3n) is 0.811. The Labute approximate surface area is 62.0 Å². The number of alkyl halides is 4. The summed E-state index contributed by atoms with van der Waals surface area (Å²) in [5.74, 6) is 0. The van der Waals surface area contributed by atoms with Crippen LogP contribution in [-0.4, -0.2) is 25.3 Å². The molecule has 0 aliphatic carbocycles. The average molecular weight is 182 g/mol. The Bertz CT molecular complexity index is 81.7. The van der Waals surface area contributed by atoms with Gasteiger partial charge >= 0.3 is 0 Å². The standard InChI is InChI=1S/C4H7F4N.ClH/c5-2(1-9)3(6)4(7)8;/h2-4H,1,9H2;1H. The van der Waals surface area contributed by atoms with Crippen molar-refractivity contribution >= 4 is 12.4 Å². The minimum absolute atomic E-state index is 0. The summed E-state index contributed by atoms with van der Waals surface area (Å²) in [7, 11) is 0. The molecule has 0 aliphatic rings. The van der Waals surface area contributed by atoms with Crippen LogP contribution in [0.15, 0.2) is 0 Å². The smallest absolute Gasteiger partial charge is 0.272 e. The zero-order valence-electron chi connectivity index (χ0n) is 4.94. The van der Waals surface area contributed by atoms with E-state index >= 15 is 0 Å². The lowest BCUT2D eigenvalue weighted by Crippen LogP contribution is -2.31. The van der Waals surface area contributed by atoms with E-state index in [9.17, 15) is 17.6 Å². The Hall–Kier alpha value is -0.0300. The monoisotopic (exact) mass is 181 g/mol. The fourth-order valence-corrected chi connectivity index (χ4v) is 0.288. The van der Waals surface area contributed by atoms with Crippen molar-refractivity contribution in [1.82, 2.24) is 0 Å². The van der Waals surface area contributed by atoms with Crippen molar-refractivity contribution < 1.29 is 17.6 Å². The molecule has 0 saturated carbocycles. The highest BCUT2D eigenvalue weighted by molar-refractivity contribution is 5.85. The molecule has 64 valence electrons. The zero-order chi connectivity index (χ0) is 7.44. The average Bonchev–Trinajstić information content (AvgIpc) is 1.84. The molecule has 0 rings (SSSR count). The van der Waals surface area contributed by atoms with Crippen LogP contribution in [0.3, 0.4) is 0 Å². The van der Waals surface area contributed by atoms with Crippen molar-refractivity contribution in [2.45, 2.75) is 18.8 Å². The van der Waals surface area contributed by atoms with Gasteiger partial charge in [0.2, 0.25) is 0 Å². The first-order valence-corrected chi connectivity index (χ1v) is 2.36. The maximum atomic E-state index is 11.8. The van der Waals surface area contributed by atoms with Gasteiger partial charge in [0, 0.05) is 6.54 Å². The molecule has 0 saturated heterocycles. The maximum Gasteiger partial charge on any atom is 0.272 e. The predicted molar refractivity (Wildman–Crippen MR) is 32.1 cm³/mol. The Kier molecular flexibility index (Phi) is 7.24. The molecule has 10 heavy (non-hydrogen) atoms. The molecule has 0 amide bonds. The molecule has 0 heterocycles. The van der Waals surface area contributed by atoms with Crippen LogP contribution >= 0.6 is 12.4 Å². The molecule has 0 aromatic carbocycles. The summed E-state index contributed by atoms with van der Waals surface area (Å²) in [5.41, 5.74) is 4.56. The van der Waals surface area contributed by atoms with E-state index in [1.807, 2.05) is 0 Å². The Morgan fingerprint density at radius 3 is 1.60 bits per heavy atom. The van der Waals surface area contributed by atoms with Gasteiger partial charge < -0.3 is 5.73 Å². The topological polar surface area (TPSA) is 26.0 Å². The molecule has 6 heteroatoms. The third kappa shape index (κ3) is 3.90. The van der Waals surface area contributed by atoms with E-state index in [1.54, 1.807) is 0 Å². The number of rotatable bonds is 3. The first-order valence-electron chi connectivity index (χ1n) is 2.36. The lowest BCUT2D eigenvalue weighted by molar-refractivity contribution is 0.00640. The number of nitrogens with two attached hydrogens (primary N) is 1. The minimum atomic E-state index is -3.27. The summed E-state index contributed by atoms with van der Waals surface area (Å²) in [6, 6.07) is 0. The zero-order valence-corrected chi connectivity index (χ0v) is 5.75. The Morgan fingerprint density at radius 2 is 1.50 bits per heavy atom. The number of hydrogen-bond acceptors (Lipinski definition) is 1. The van der Waals surface area contributed by atoms with E-state index in [0.29, 0.717) is 0 Å². The van der Waals surface area contributed by atoms with Crippen molar-refractivity contribution in [1.29, 1.82) is 0 Å². The highest BCUT2D eigenvalue weighted by atomic mass is 35.5. The van der Waals surface area contributed by atoms with E-state index in [2.05, 4.69) is 5.73 Å².